The van der Waals surface area contributed by atoms with E-state index >= 15 is 0 Å². The fraction of sp³-hybridized carbons (Fsp3) is 0.222. The number of benzene rings is 1. The quantitative estimate of drug-likeness (QED) is 0.601. The van der Waals surface area contributed by atoms with Gasteiger partial charge >= 0.3 is 0 Å². The van der Waals surface area contributed by atoms with Crippen molar-refractivity contribution in [1.29, 1.82) is 5.26 Å². The number of rotatable bonds is 1. The lowest BCUT2D eigenvalue weighted by Gasteiger charge is -2.00. The molecule has 0 aliphatic carbocycles. The maximum absolute atomic E-state index is 12.4. The highest BCUT2D eigenvalue weighted by Crippen LogP contribution is 2.13. The first-order chi connectivity index (χ1) is 5.24. The second-order valence-corrected chi connectivity index (χ2v) is 2.40. The van der Waals surface area contributed by atoms with E-state index < -0.39 is 0 Å². The molecule has 0 radical (unpaired) electrons. The van der Waals surface area contributed by atoms with Crippen LogP contribution in [-0.4, -0.2) is 0 Å². The number of halogens is 1. The van der Waals surface area contributed by atoms with Crippen molar-refractivity contribution in [2.45, 2.75) is 12.8 Å². The van der Waals surface area contributed by atoms with Gasteiger partial charge in [-0.1, -0.05) is 12.1 Å². The Bertz CT molecular complexity index is 271. The zero-order valence-corrected chi connectivity index (χ0v) is 6.21. The topological polar surface area (TPSA) is 23.8 Å². The second kappa shape index (κ2) is 3.16. The molecule has 0 heterocycles. The third-order valence-electron chi connectivity index (χ3n) is 1.56. The second-order valence-electron chi connectivity index (χ2n) is 2.40. The number of hydrogen-bond acceptors (Lipinski definition) is 1. The van der Waals surface area contributed by atoms with Crippen LogP contribution in [-0.2, 0) is 0 Å². The Labute approximate surface area is 65.1 Å². The summed E-state index contributed by atoms with van der Waals surface area (Å²) in [7, 11) is 0. The Morgan fingerprint density at radius 1 is 1.36 bits per heavy atom. The largest absolute Gasteiger partial charge is 0.207 e. The van der Waals surface area contributed by atoms with Crippen molar-refractivity contribution in [1.82, 2.24) is 0 Å². The molecule has 1 unspecified atom stereocenters. The van der Waals surface area contributed by atoms with Crippen LogP contribution < -0.4 is 0 Å². The van der Waals surface area contributed by atoms with E-state index in [1.807, 2.05) is 0 Å². The molecule has 1 atom stereocenters. The Morgan fingerprint density at radius 2 is 1.91 bits per heavy atom. The van der Waals surface area contributed by atoms with Crippen LogP contribution in [0.2, 0.25) is 0 Å². The van der Waals surface area contributed by atoms with E-state index in [9.17, 15) is 4.39 Å². The van der Waals surface area contributed by atoms with E-state index in [4.69, 9.17) is 5.26 Å². The fourth-order valence-corrected chi connectivity index (χ4v) is 0.826. The van der Waals surface area contributed by atoms with Crippen molar-refractivity contribution in [3.05, 3.63) is 35.6 Å². The first-order valence-electron chi connectivity index (χ1n) is 3.39. The highest BCUT2D eigenvalue weighted by Gasteiger charge is 2.01. The molecule has 56 valence electrons. The fourth-order valence-electron chi connectivity index (χ4n) is 0.826. The molecule has 0 saturated carbocycles. The molecule has 0 spiro atoms. The smallest absolute Gasteiger partial charge is 0.123 e. The predicted molar refractivity (Wildman–Crippen MR) is 40.4 cm³/mol. The Kier molecular flexibility index (Phi) is 2.22. The molecule has 2 heteroatoms. The minimum Gasteiger partial charge on any atom is -0.207 e. The zero-order valence-electron chi connectivity index (χ0n) is 6.21. The highest BCUT2D eigenvalue weighted by atomic mass is 19.1. The van der Waals surface area contributed by atoms with Crippen molar-refractivity contribution >= 4 is 0 Å². The Morgan fingerprint density at radius 3 is 2.36 bits per heavy atom. The molecule has 0 bridgehead atoms. The lowest BCUT2D eigenvalue weighted by atomic mass is 10.0. The molecule has 0 aromatic heterocycles. The highest BCUT2D eigenvalue weighted by molar-refractivity contribution is 5.23. The van der Waals surface area contributed by atoms with E-state index in [2.05, 4.69) is 6.07 Å². The van der Waals surface area contributed by atoms with Crippen LogP contribution in [0, 0.1) is 17.1 Å². The molecule has 11 heavy (non-hydrogen) atoms. The van der Waals surface area contributed by atoms with Gasteiger partial charge in [0.05, 0.1) is 12.0 Å². The average Bonchev–Trinajstić information content (AvgIpc) is 2.05. The van der Waals surface area contributed by atoms with Crippen LogP contribution in [0.5, 0.6) is 0 Å². The van der Waals surface area contributed by atoms with E-state index in [1.165, 1.54) is 12.1 Å². The number of nitriles is 1. The molecule has 1 nitrogen and oxygen atoms in total. The van der Waals surface area contributed by atoms with Crippen molar-refractivity contribution in [3.63, 3.8) is 0 Å². The molecular weight excluding hydrogens is 141 g/mol. The van der Waals surface area contributed by atoms with Crippen LogP contribution >= 0.6 is 0 Å². The van der Waals surface area contributed by atoms with Crippen molar-refractivity contribution in [2.24, 2.45) is 0 Å². The molecular formula is C9H8FN. The van der Waals surface area contributed by atoms with Crippen molar-refractivity contribution in [3.8, 4) is 6.07 Å². The van der Waals surface area contributed by atoms with Crippen LogP contribution in [0.15, 0.2) is 24.3 Å². The van der Waals surface area contributed by atoms with Gasteiger partial charge in [0.15, 0.2) is 0 Å². The summed E-state index contributed by atoms with van der Waals surface area (Å²) < 4.78 is 12.4. The molecule has 0 N–H and O–H groups in total. The summed E-state index contributed by atoms with van der Waals surface area (Å²) >= 11 is 0. The van der Waals surface area contributed by atoms with Gasteiger partial charge in [-0.15, -0.1) is 0 Å². The van der Waals surface area contributed by atoms with Crippen molar-refractivity contribution < 1.29 is 4.39 Å². The number of nitrogens with zero attached hydrogens (tertiary/aromatic N) is 1. The van der Waals surface area contributed by atoms with Gasteiger partial charge in [0, 0.05) is 0 Å². The minimum atomic E-state index is -0.265. The van der Waals surface area contributed by atoms with E-state index in [-0.39, 0.29) is 11.7 Å². The normalized spacial score (nSPS) is 12.1. The first-order valence-corrected chi connectivity index (χ1v) is 3.39. The lowest BCUT2D eigenvalue weighted by molar-refractivity contribution is 0.627. The third-order valence-corrected chi connectivity index (χ3v) is 1.56. The van der Waals surface area contributed by atoms with Crippen LogP contribution in [0.4, 0.5) is 4.39 Å². The van der Waals surface area contributed by atoms with Gasteiger partial charge in [-0.25, -0.2) is 4.39 Å². The summed E-state index contributed by atoms with van der Waals surface area (Å²) in [5, 5.41) is 8.51. The SMILES string of the molecule is CC(C#N)c1ccc(F)cc1. The first kappa shape index (κ1) is 7.74. The Balaban J connectivity index is 2.92. The maximum Gasteiger partial charge on any atom is 0.123 e. The van der Waals surface area contributed by atoms with Crippen LogP contribution in [0.3, 0.4) is 0 Å². The molecule has 0 aliphatic heterocycles. The van der Waals surface area contributed by atoms with Crippen molar-refractivity contribution in [2.75, 3.05) is 0 Å². The standard InChI is InChI=1S/C9H8FN/c1-7(6-11)8-2-4-9(10)5-3-8/h2-5,7H,1H3. The summed E-state index contributed by atoms with van der Waals surface area (Å²) in [6.07, 6.45) is 0. The van der Waals surface area contributed by atoms with Crippen LogP contribution in [0.1, 0.15) is 18.4 Å². The van der Waals surface area contributed by atoms with Gasteiger partial charge in [0.1, 0.15) is 5.82 Å². The maximum atomic E-state index is 12.4. The third kappa shape index (κ3) is 1.78. The molecule has 0 saturated heterocycles. The minimum absolute atomic E-state index is 0.157. The molecule has 1 rings (SSSR count). The summed E-state index contributed by atoms with van der Waals surface area (Å²) in [5.41, 5.74) is 0.855. The summed E-state index contributed by atoms with van der Waals surface area (Å²) in [5.74, 6) is -0.422. The number of hydrogen-bond donors (Lipinski definition) is 0. The van der Waals surface area contributed by atoms with Gasteiger partial charge in [-0.3, -0.25) is 0 Å². The van der Waals surface area contributed by atoms with E-state index in [0.717, 1.165) is 5.56 Å². The monoisotopic (exact) mass is 149 g/mol. The van der Waals surface area contributed by atoms with Gasteiger partial charge in [0.25, 0.3) is 0 Å². The molecule has 0 aliphatic rings. The average molecular weight is 149 g/mol. The summed E-state index contributed by atoms with van der Waals surface area (Å²) in [4.78, 5) is 0. The van der Waals surface area contributed by atoms with E-state index in [0.29, 0.717) is 0 Å². The molecule has 1 aromatic rings. The van der Waals surface area contributed by atoms with Gasteiger partial charge in [-0.2, -0.15) is 5.26 Å². The molecule has 0 fully saturated rings. The van der Waals surface area contributed by atoms with Crippen LogP contribution in [0.25, 0.3) is 0 Å². The molecule has 0 amide bonds. The summed E-state index contributed by atoms with van der Waals surface area (Å²) in [6.45, 7) is 1.78. The van der Waals surface area contributed by atoms with E-state index in [1.54, 1.807) is 19.1 Å². The van der Waals surface area contributed by atoms with Gasteiger partial charge in [-0.05, 0) is 24.6 Å². The van der Waals surface area contributed by atoms with Gasteiger partial charge in [0.2, 0.25) is 0 Å². The predicted octanol–water partition coefficient (Wildman–Crippen LogP) is 2.45. The van der Waals surface area contributed by atoms with Gasteiger partial charge < -0.3 is 0 Å². The zero-order chi connectivity index (χ0) is 8.27. The lowest BCUT2D eigenvalue weighted by Crippen LogP contribution is -1.88. The Hall–Kier alpha value is -1.36. The molecule has 1 aromatic carbocycles. The summed E-state index contributed by atoms with van der Waals surface area (Å²) in [6, 6.07) is 8.06.